The molecule has 1 amide bonds. The highest BCUT2D eigenvalue weighted by atomic mass is 35.5. The maximum Gasteiger partial charge on any atom is 0.251 e. The van der Waals surface area contributed by atoms with Crippen molar-refractivity contribution in [2.45, 2.75) is 43.9 Å². The van der Waals surface area contributed by atoms with Gasteiger partial charge in [-0.1, -0.05) is 11.6 Å². The third kappa shape index (κ3) is 5.36. The van der Waals surface area contributed by atoms with Gasteiger partial charge in [0.1, 0.15) is 4.90 Å². The van der Waals surface area contributed by atoms with Crippen molar-refractivity contribution in [3.63, 3.8) is 0 Å². The van der Waals surface area contributed by atoms with Gasteiger partial charge in [-0.2, -0.15) is 9.40 Å². The second-order valence-corrected chi connectivity index (χ2v) is 9.42. The summed E-state index contributed by atoms with van der Waals surface area (Å²) in [5, 5.41) is 6.99. The van der Waals surface area contributed by atoms with Crippen LogP contribution in [0, 0.1) is 0 Å². The molecule has 0 spiro atoms. The van der Waals surface area contributed by atoms with Gasteiger partial charge in [0.15, 0.2) is 0 Å². The molecule has 1 aromatic heterocycles. The smallest absolute Gasteiger partial charge is 0.251 e. The average Bonchev–Trinajstić information content (AvgIpc) is 3.18. The first-order valence-electron chi connectivity index (χ1n) is 9.48. The lowest BCUT2D eigenvalue weighted by molar-refractivity contribution is -0.0440. The number of aromatic nitrogens is 2. The zero-order chi connectivity index (χ0) is 21.0. The number of amides is 1. The topological polar surface area (TPSA) is 93.5 Å². The fraction of sp³-hybridized carbons (Fsp3) is 0.474. The monoisotopic (exact) mass is 440 g/mol. The standard InChI is InChI=1S/C19H25ClN4O4S/c1-14-12-24(13-15(2)28-14)29(26,27)18-11-16(5-6-17(18)20)19(25)21-7-3-9-23-10-4-8-22-23/h4-6,8,10-11,14-15H,3,7,9,12-13H2,1-2H3,(H,21,25). The van der Waals surface area contributed by atoms with Gasteiger partial charge in [0.25, 0.3) is 5.91 Å². The van der Waals surface area contributed by atoms with Crippen molar-refractivity contribution in [2.75, 3.05) is 19.6 Å². The molecule has 8 nitrogen and oxygen atoms in total. The van der Waals surface area contributed by atoms with E-state index in [0.29, 0.717) is 19.5 Å². The van der Waals surface area contributed by atoms with E-state index >= 15 is 0 Å². The molecule has 1 fully saturated rings. The molecule has 1 aliphatic rings. The number of sulfonamides is 1. The van der Waals surface area contributed by atoms with E-state index in [1.807, 2.05) is 26.1 Å². The van der Waals surface area contributed by atoms with E-state index in [9.17, 15) is 13.2 Å². The SMILES string of the molecule is CC1CN(S(=O)(=O)c2cc(C(=O)NCCCn3cccn3)ccc2Cl)CC(C)O1. The molecule has 2 heterocycles. The number of hydrogen-bond acceptors (Lipinski definition) is 5. The average molecular weight is 441 g/mol. The molecular formula is C19H25ClN4O4S. The Balaban J connectivity index is 1.69. The van der Waals surface area contributed by atoms with E-state index in [2.05, 4.69) is 10.4 Å². The van der Waals surface area contributed by atoms with Crippen LogP contribution in [0.15, 0.2) is 41.6 Å². The molecule has 0 bridgehead atoms. The van der Waals surface area contributed by atoms with Crippen LogP contribution in [-0.2, 0) is 21.3 Å². The highest BCUT2D eigenvalue weighted by Crippen LogP contribution is 2.28. The summed E-state index contributed by atoms with van der Waals surface area (Å²) in [5.41, 5.74) is 0.251. The summed E-state index contributed by atoms with van der Waals surface area (Å²) in [7, 11) is -3.84. The molecule has 29 heavy (non-hydrogen) atoms. The zero-order valence-corrected chi connectivity index (χ0v) is 18.0. The van der Waals surface area contributed by atoms with Crippen LogP contribution in [0.1, 0.15) is 30.6 Å². The Morgan fingerprint density at radius 2 is 2.03 bits per heavy atom. The van der Waals surface area contributed by atoms with Crippen LogP contribution < -0.4 is 5.32 Å². The predicted octanol–water partition coefficient (Wildman–Crippen LogP) is 2.15. The molecule has 1 aromatic carbocycles. The number of carbonyl (C=O) groups is 1. The second-order valence-electron chi connectivity index (χ2n) is 7.10. The number of aryl methyl sites for hydroxylation is 1. The first-order valence-corrected chi connectivity index (χ1v) is 11.3. The Morgan fingerprint density at radius 1 is 1.31 bits per heavy atom. The summed E-state index contributed by atoms with van der Waals surface area (Å²) >= 11 is 6.18. The fourth-order valence-corrected chi connectivity index (χ4v) is 5.38. The summed E-state index contributed by atoms with van der Waals surface area (Å²) in [6.07, 6.45) is 3.83. The number of carbonyl (C=O) groups excluding carboxylic acids is 1. The minimum absolute atomic E-state index is 0.0651. The zero-order valence-electron chi connectivity index (χ0n) is 16.4. The number of halogens is 1. The van der Waals surface area contributed by atoms with Crippen molar-refractivity contribution in [1.82, 2.24) is 19.4 Å². The minimum atomic E-state index is -3.84. The van der Waals surface area contributed by atoms with Crippen LogP contribution in [0.3, 0.4) is 0 Å². The lowest BCUT2D eigenvalue weighted by atomic mass is 10.2. The number of nitrogens with zero attached hydrogens (tertiary/aromatic N) is 3. The molecule has 2 unspecified atom stereocenters. The summed E-state index contributed by atoms with van der Waals surface area (Å²) in [6, 6.07) is 6.14. The van der Waals surface area contributed by atoms with Crippen molar-refractivity contribution in [1.29, 1.82) is 0 Å². The Morgan fingerprint density at radius 3 is 2.69 bits per heavy atom. The van der Waals surface area contributed by atoms with Crippen molar-refractivity contribution in [2.24, 2.45) is 0 Å². The van der Waals surface area contributed by atoms with Gasteiger partial charge < -0.3 is 10.1 Å². The van der Waals surface area contributed by atoms with Gasteiger partial charge in [0.05, 0.1) is 17.2 Å². The van der Waals surface area contributed by atoms with Gasteiger partial charge in [-0.05, 0) is 44.5 Å². The van der Waals surface area contributed by atoms with Gasteiger partial charge in [0.2, 0.25) is 10.0 Å². The van der Waals surface area contributed by atoms with Gasteiger partial charge in [-0.3, -0.25) is 9.48 Å². The summed E-state index contributed by atoms with van der Waals surface area (Å²) in [4.78, 5) is 12.4. The quantitative estimate of drug-likeness (QED) is 0.666. The van der Waals surface area contributed by atoms with Gasteiger partial charge in [0, 0.05) is 44.1 Å². The van der Waals surface area contributed by atoms with E-state index in [0.717, 1.165) is 0 Å². The molecular weight excluding hydrogens is 416 g/mol. The Kier molecular flexibility index (Phi) is 6.94. The largest absolute Gasteiger partial charge is 0.373 e. The van der Waals surface area contributed by atoms with Crippen molar-refractivity contribution >= 4 is 27.5 Å². The summed E-state index contributed by atoms with van der Waals surface area (Å²) in [6.45, 7) is 5.27. The van der Waals surface area contributed by atoms with Crippen molar-refractivity contribution < 1.29 is 17.9 Å². The van der Waals surface area contributed by atoms with Gasteiger partial charge in [-0.25, -0.2) is 8.42 Å². The summed E-state index contributed by atoms with van der Waals surface area (Å²) in [5.74, 6) is -0.345. The molecule has 0 radical (unpaired) electrons. The maximum atomic E-state index is 13.1. The van der Waals surface area contributed by atoms with E-state index in [-0.39, 0.29) is 46.7 Å². The summed E-state index contributed by atoms with van der Waals surface area (Å²) < 4.78 is 35.0. The molecule has 158 valence electrons. The molecule has 2 aromatic rings. The lowest BCUT2D eigenvalue weighted by Crippen LogP contribution is -2.48. The highest BCUT2D eigenvalue weighted by molar-refractivity contribution is 7.89. The molecule has 0 saturated carbocycles. The molecule has 3 rings (SSSR count). The first-order chi connectivity index (χ1) is 13.8. The van der Waals surface area contributed by atoms with Crippen LogP contribution in [-0.4, -0.2) is 60.3 Å². The van der Waals surface area contributed by atoms with Crippen LogP contribution in [0.5, 0.6) is 0 Å². The van der Waals surface area contributed by atoms with Gasteiger partial charge >= 0.3 is 0 Å². The van der Waals surface area contributed by atoms with Crippen molar-refractivity contribution in [3.8, 4) is 0 Å². The molecule has 1 saturated heterocycles. The minimum Gasteiger partial charge on any atom is -0.373 e. The van der Waals surface area contributed by atoms with E-state index in [1.54, 1.807) is 10.9 Å². The van der Waals surface area contributed by atoms with Crippen LogP contribution in [0.2, 0.25) is 5.02 Å². The highest BCUT2D eigenvalue weighted by Gasteiger charge is 2.33. The van der Waals surface area contributed by atoms with Crippen LogP contribution in [0.25, 0.3) is 0 Å². The number of rotatable bonds is 7. The third-order valence-corrected chi connectivity index (χ3v) is 6.92. The Bertz CT molecular complexity index is 939. The normalized spacial score (nSPS) is 20.5. The first kappa shape index (κ1) is 21.8. The second kappa shape index (κ2) is 9.25. The number of ether oxygens (including phenoxy) is 1. The van der Waals surface area contributed by atoms with Crippen molar-refractivity contribution in [3.05, 3.63) is 47.2 Å². The number of nitrogens with one attached hydrogen (secondary N) is 1. The molecule has 1 aliphatic heterocycles. The Labute approximate surface area is 175 Å². The van der Waals surface area contributed by atoms with E-state index in [4.69, 9.17) is 16.3 Å². The van der Waals surface area contributed by atoms with E-state index in [1.165, 1.54) is 22.5 Å². The molecule has 1 N–H and O–H groups in total. The predicted molar refractivity (Wildman–Crippen MR) is 109 cm³/mol. The maximum absolute atomic E-state index is 13.1. The van der Waals surface area contributed by atoms with Crippen LogP contribution >= 0.6 is 11.6 Å². The fourth-order valence-electron chi connectivity index (χ4n) is 3.29. The molecule has 10 heteroatoms. The molecule has 2 atom stereocenters. The molecule has 0 aliphatic carbocycles. The Hall–Kier alpha value is -1.94. The lowest BCUT2D eigenvalue weighted by Gasteiger charge is -2.34. The number of hydrogen-bond donors (Lipinski definition) is 1. The van der Waals surface area contributed by atoms with E-state index < -0.39 is 10.0 Å². The van der Waals surface area contributed by atoms with Gasteiger partial charge in [-0.15, -0.1) is 0 Å². The number of morpholine rings is 1. The third-order valence-electron chi connectivity index (χ3n) is 4.61. The van der Waals surface area contributed by atoms with Crippen LogP contribution in [0.4, 0.5) is 0 Å². The number of benzene rings is 1.